The molecule has 1 heterocycles. The van der Waals surface area contributed by atoms with E-state index in [2.05, 4.69) is 10.6 Å². The lowest BCUT2D eigenvalue weighted by molar-refractivity contribution is -0.138. The predicted octanol–water partition coefficient (Wildman–Crippen LogP) is 3.80. The Hall–Kier alpha value is -0.980. The first-order valence-corrected chi connectivity index (χ1v) is 6.57. The third-order valence-electron chi connectivity index (χ3n) is 3.48. The van der Waals surface area contributed by atoms with Gasteiger partial charge in [0.05, 0.1) is 11.5 Å². The molecule has 22 heavy (non-hydrogen) atoms. The van der Waals surface area contributed by atoms with Crippen LogP contribution in [0.15, 0.2) is 18.2 Å². The first-order valence-electron chi connectivity index (χ1n) is 6.57. The fourth-order valence-corrected chi connectivity index (χ4v) is 2.33. The van der Waals surface area contributed by atoms with Gasteiger partial charge in [-0.3, -0.25) is 4.79 Å². The Balaban J connectivity index is 0.00000220. The molecule has 0 spiro atoms. The molecule has 1 aromatic rings. The second-order valence-corrected chi connectivity index (χ2v) is 5.06. The van der Waals surface area contributed by atoms with Crippen molar-refractivity contribution < 1.29 is 18.0 Å². The van der Waals surface area contributed by atoms with Gasteiger partial charge in [0.15, 0.2) is 0 Å². The third-order valence-corrected chi connectivity index (χ3v) is 3.48. The van der Waals surface area contributed by atoms with Gasteiger partial charge in [-0.1, -0.05) is 6.07 Å². The molecular weight excluding hydrogens is 340 g/mol. The Morgan fingerprint density at radius 3 is 2.55 bits per heavy atom. The van der Waals surface area contributed by atoms with Gasteiger partial charge in [0, 0.05) is 12.2 Å². The van der Waals surface area contributed by atoms with Crippen molar-refractivity contribution in [3.05, 3.63) is 29.3 Å². The van der Waals surface area contributed by atoms with Crippen molar-refractivity contribution in [3.63, 3.8) is 0 Å². The molecule has 1 aromatic carbocycles. The van der Waals surface area contributed by atoms with Crippen molar-refractivity contribution in [2.24, 2.45) is 5.92 Å². The summed E-state index contributed by atoms with van der Waals surface area (Å²) in [5.74, 6) is -0.409. The summed E-state index contributed by atoms with van der Waals surface area (Å²) in [7, 11) is 0. The van der Waals surface area contributed by atoms with Crippen molar-refractivity contribution >= 4 is 36.4 Å². The lowest BCUT2D eigenvalue weighted by Crippen LogP contribution is -2.37. The Bertz CT molecular complexity index is 503. The molecule has 0 bridgehead atoms. The average molecular weight is 359 g/mol. The molecule has 1 unspecified atom stereocenters. The molecule has 1 aliphatic rings. The van der Waals surface area contributed by atoms with E-state index in [1.807, 2.05) is 0 Å². The van der Waals surface area contributed by atoms with Gasteiger partial charge in [0.25, 0.3) is 0 Å². The smallest absolute Gasteiger partial charge is 0.326 e. The quantitative estimate of drug-likeness (QED) is 0.844. The molecule has 0 aromatic heterocycles. The highest BCUT2D eigenvalue weighted by Gasteiger charge is 2.32. The number of carbonyl (C=O) groups is 1. The standard InChI is InChI=1S/C14H17F3N2O.2ClH/c1-9-4-5-11(7-12(9)14(15,16)17)19-13(20)10-3-2-6-18-8-10;;/h4-5,7,10,18H,2-3,6,8H2,1H3,(H,19,20);2*1H. The van der Waals surface area contributed by atoms with Crippen LogP contribution in [0.1, 0.15) is 24.0 Å². The third kappa shape index (κ3) is 5.34. The minimum Gasteiger partial charge on any atom is -0.326 e. The van der Waals surface area contributed by atoms with Crippen LogP contribution in [-0.2, 0) is 11.0 Å². The van der Waals surface area contributed by atoms with Gasteiger partial charge in [0.1, 0.15) is 0 Å². The highest BCUT2D eigenvalue weighted by molar-refractivity contribution is 5.92. The summed E-state index contributed by atoms with van der Waals surface area (Å²) in [5.41, 5.74) is -0.370. The highest BCUT2D eigenvalue weighted by atomic mass is 35.5. The number of carbonyl (C=O) groups excluding carboxylic acids is 1. The van der Waals surface area contributed by atoms with Crippen molar-refractivity contribution in [3.8, 4) is 0 Å². The van der Waals surface area contributed by atoms with Crippen molar-refractivity contribution in [1.29, 1.82) is 0 Å². The number of halogens is 5. The Morgan fingerprint density at radius 1 is 1.32 bits per heavy atom. The summed E-state index contributed by atoms with van der Waals surface area (Å²) in [6.07, 6.45) is -2.74. The topological polar surface area (TPSA) is 41.1 Å². The predicted molar refractivity (Wildman–Crippen MR) is 84.9 cm³/mol. The molecule has 2 N–H and O–H groups in total. The maximum atomic E-state index is 12.8. The maximum Gasteiger partial charge on any atom is 0.416 e. The molecule has 1 amide bonds. The van der Waals surface area contributed by atoms with Crippen LogP contribution in [0.3, 0.4) is 0 Å². The minimum absolute atomic E-state index is 0. The SMILES string of the molecule is Cc1ccc(NC(=O)C2CCCNC2)cc1C(F)(F)F.Cl.Cl. The van der Waals surface area contributed by atoms with Gasteiger partial charge in [-0.2, -0.15) is 13.2 Å². The lowest BCUT2D eigenvalue weighted by atomic mass is 9.98. The van der Waals surface area contributed by atoms with Gasteiger partial charge < -0.3 is 10.6 Å². The number of benzene rings is 1. The highest BCUT2D eigenvalue weighted by Crippen LogP contribution is 2.33. The zero-order chi connectivity index (χ0) is 14.8. The first-order chi connectivity index (χ1) is 9.38. The van der Waals surface area contributed by atoms with Gasteiger partial charge in [-0.25, -0.2) is 0 Å². The zero-order valence-electron chi connectivity index (χ0n) is 12.0. The summed E-state index contributed by atoms with van der Waals surface area (Å²) in [6, 6.07) is 3.86. The molecule has 1 saturated heterocycles. The number of anilines is 1. The van der Waals surface area contributed by atoms with Crippen LogP contribution in [0, 0.1) is 12.8 Å². The Morgan fingerprint density at radius 2 is 2.00 bits per heavy atom. The second-order valence-electron chi connectivity index (χ2n) is 5.06. The number of nitrogens with one attached hydrogen (secondary N) is 2. The van der Waals surface area contributed by atoms with Crippen LogP contribution in [0.5, 0.6) is 0 Å². The van der Waals surface area contributed by atoms with E-state index in [1.54, 1.807) is 0 Å². The minimum atomic E-state index is -4.41. The molecule has 2 rings (SSSR count). The summed E-state index contributed by atoms with van der Waals surface area (Å²) in [5, 5.41) is 5.68. The number of amides is 1. The van der Waals surface area contributed by atoms with Gasteiger partial charge in [-0.05, 0) is 44.0 Å². The molecule has 1 atom stereocenters. The molecule has 0 saturated carbocycles. The largest absolute Gasteiger partial charge is 0.416 e. The average Bonchev–Trinajstić information content (AvgIpc) is 2.40. The van der Waals surface area contributed by atoms with Crippen molar-refractivity contribution in [2.45, 2.75) is 25.9 Å². The maximum absolute atomic E-state index is 12.8. The number of piperidine rings is 1. The number of rotatable bonds is 2. The van der Waals surface area contributed by atoms with Crippen LogP contribution in [0.25, 0.3) is 0 Å². The zero-order valence-corrected chi connectivity index (χ0v) is 13.6. The van der Waals surface area contributed by atoms with Crippen LogP contribution < -0.4 is 10.6 Å². The van der Waals surface area contributed by atoms with Crippen LogP contribution in [0.2, 0.25) is 0 Å². The van der Waals surface area contributed by atoms with E-state index in [0.717, 1.165) is 25.5 Å². The molecular formula is C14H19Cl2F3N2O. The van der Waals surface area contributed by atoms with Crippen molar-refractivity contribution in [1.82, 2.24) is 5.32 Å². The summed E-state index contributed by atoms with van der Waals surface area (Å²) < 4.78 is 38.4. The number of alkyl halides is 3. The molecule has 1 aliphatic heterocycles. The van der Waals surface area contributed by atoms with E-state index in [9.17, 15) is 18.0 Å². The van der Waals surface area contributed by atoms with E-state index < -0.39 is 11.7 Å². The van der Waals surface area contributed by atoms with E-state index >= 15 is 0 Å². The van der Waals surface area contributed by atoms with E-state index in [-0.39, 0.29) is 47.9 Å². The van der Waals surface area contributed by atoms with Crippen molar-refractivity contribution in [2.75, 3.05) is 18.4 Å². The molecule has 8 heteroatoms. The Labute approximate surface area is 139 Å². The van der Waals surface area contributed by atoms with Crippen LogP contribution in [0.4, 0.5) is 18.9 Å². The van der Waals surface area contributed by atoms with Gasteiger partial charge in [-0.15, -0.1) is 24.8 Å². The molecule has 0 radical (unpaired) electrons. The van der Waals surface area contributed by atoms with Crippen LogP contribution >= 0.6 is 24.8 Å². The fraction of sp³-hybridized carbons (Fsp3) is 0.500. The molecule has 1 fully saturated rings. The normalized spacial score (nSPS) is 17.9. The number of aryl methyl sites for hydroxylation is 1. The van der Waals surface area contributed by atoms with E-state index in [4.69, 9.17) is 0 Å². The van der Waals surface area contributed by atoms with E-state index in [0.29, 0.717) is 6.54 Å². The van der Waals surface area contributed by atoms with Gasteiger partial charge >= 0.3 is 6.18 Å². The molecule has 0 aliphatic carbocycles. The van der Waals surface area contributed by atoms with E-state index in [1.165, 1.54) is 19.1 Å². The van der Waals surface area contributed by atoms with Gasteiger partial charge in [0.2, 0.25) is 5.91 Å². The second kappa shape index (κ2) is 8.60. The van der Waals surface area contributed by atoms with Crippen LogP contribution in [-0.4, -0.2) is 19.0 Å². The monoisotopic (exact) mass is 358 g/mol. The Kier molecular flexibility index (Phi) is 8.22. The first kappa shape index (κ1) is 21.0. The summed E-state index contributed by atoms with van der Waals surface area (Å²) in [4.78, 5) is 12.0. The number of hydrogen-bond acceptors (Lipinski definition) is 2. The molecule has 3 nitrogen and oxygen atoms in total. The molecule has 126 valence electrons. The fourth-order valence-electron chi connectivity index (χ4n) is 2.33. The lowest BCUT2D eigenvalue weighted by Gasteiger charge is -2.22. The summed E-state index contributed by atoms with van der Waals surface area (Å²) in [6.45, 7) is 2.86. The summed E-state index contributed by atoms with van der Waals surface area (Å²) >= 11 is 0. The number of hydrogen-bond donors (Lipinski definition) is 2.